The van der Waals surface area contributed by atoms with Crippen molar-refractivity contribution < 1.29 is 28.0 Å². The number of rotatable bonds is 13. The van der Waals surface area contributed by atoms with Gasteiger partial charge in [-0.25, -0.2) is 18.3 Å². The lowest BCUT2D eigenvalue weighted by Gasteiger charge is -2.32. The fourth-order valence-electron chi connectivity index (χ4n) is 5.70. The highest BCUT2D eigenvalue weighted by Gasteiger charge is 2.41. The monoisotopic (exact) mass is 671 g/mol. The van der Waals surface area contributed by atoms with E-state index in [4.69, 9.17) is 15.0 Å². The molecule has 0 bridgehead atoms. The van der Waals surface area contributed by atoms with E-state index in [9.17, 15) is 14.3 Å². The number of benzene rings is 3. The molecule has 9 nitrogen and oxygen atoms in total. The van der Waals surface area contributed by atoms with Crippen molar-refractivity contribution in [3.05, 3.63) is 117 Å². The van der Waals surface area contributed by atoms with Crippen LogP contribution in [0.25, 0.3) is 11.3 Å². The fraction of sp³-hybridized carbons (Fsp3) is 0.306. The molecule has 0 saturated carbocycles. The third kappa shape index (κ3) is 7.99. The highest BCUT2D eigenvalue weighted by atomic mass is 32.1. The molecule has 0 aliphatic heterocycles. The van der Waals surface area contributed by atoms with E-state index >= 15 is 4.39 Å². The van der Waals surface area contributed by atoms with Gasteiger partial charge in [0.1, 0.15) is 29.5 Å². The number of nitrogens with one attached hydrogen (secondary N) is 1. The molecule has 2 unspecified atom stereocenters. The molecule has 0 aliphatic rings. The summed E-state index contributed by atoms with van der Waals surface area (Å²) in [5.74, 6) is -1.90. The number of carbonyl (C=O) groups is 1. The summed E-state index contributed by atoms with van der Waals surface area (Å²) in [6.07, 6.45) is 3.93. The Labute approximate surface area is 282 Å². The summed E-state index contributed by atoms with van der Waals surface area (Å²) in [4.78, 5) is 16.9. The Morgan fingerprint density at radius 2 is 1.90 bits per heavy atom. The topological polar surface area (TPSA) is 117 Å². The molecular weight excluding hydrogens is 634 g/mol. The molecule has 2 aromatic heterocycles. The summed E-state index contributed by atoms with van der Waals surface area (Å²) in [5.41, 5.74) is 2.96. The van der Waals surface area contributed by atoms with Gasteiger partial charge in [-0.05, 0) is 73.8 Å². The van der Waals surface area contributed by atoms with E-state index in [1.165, 1.54) is 17.4 Å². The molecule has 0 spiro atoms. The summed E-state index contributed by atoms with van der Waals surface area (Å²) >= 11 is 1.42. The van der Waals surface area contributed by atoms with E-state index in [0.717, 1.165) is 45.1 Å². The van der Waals surface area contributed by atoms with Gasteiger partial charge in [-0.1, -0.05) is 25.1 Å². The maximum absolute atomic E-state index is 15.3. The van der Waals surface area contributed by atoms with Crippen molar-refractivity contribution >= 4 is 17.3 Å². The normalized spacial score (nSPS) is 13.1. The molecule has 0 fully saturated rings. The van der Waals surface area contributed by atoms with Gasteiger partial charge in [0.2, 0.25) is 6.33 Å². The first-order valence-electron chi connectivity index (χ1n) is 15.5. The molecule has 48 heavy (non-hydrogen) atoms. The number of aliphatic hydroxyl groups is 1. The highest BCUT2D eigenvalue weighted by molar-refractivity contribution is 7.09. The lowest BCUT2D eigenvalue weighted by atomic mass is 9.80. The molecule has 3 aromatic carbocycles. The van der Waals surface area contributed by atoms with Crippen LogP contribution in [0, 0.1) is 42.7 Å². The van der Waals surface area contributed by atoms with Crippen LogP contribution < -0.4 is 14.6 Å². The Hall–Kier alpha value is -4.83. The van der Waals surface area contributed by atoms with Gasteiger partial charge in [-0.2, -0.15) is 5.26 Å². The number of hydrogen-bond donors (Lipinski definition) is 2. The molecule has 2 heterocycles. The Bertz CT molecular complexity index is 1930. The molecule has 0 amide bonds. The number of hydrogen-bond acceptors (Lipinski definition) is 8. The van der Waals surface area contributed by atoms with Crippen molar-refractivity contribution in [1.29, 1.82) is 5.26 Å². The average Bonchev–Trinajstić information content (AvgIpc) is 3.71. The standard InChI is InChI=1S/C36H37F2N6O3S/c1-23-13-27(14-24(2)35(23)47-34(45)11-12-40-4)18-43-21-41-44(22-43)20-36(46,30-10-9-29(37)16-31(30)38)25(3)15-33-42-32(19-48-33)28-7-5-26(17-39)6-8-28/h5-10,13-14,16,19,21-22,25,40,46H,11-12,15,18,20H2,1-4H3/q+1. The third-order valence-corrected chi connectivity index (χ3v) is 9.14. The first-order valence-corrected chi connectivity index (χ1v) is 16.4. The van der Waals surface area contributed by atoms with Crippen LogP contribution in [0.3, 0.4) is 0 Å². The third-order valence-electron chi connectivity index (χ3n) is 8.27. The zero-order valence-corrected chi connectivity index (χ0v) is 28.0. The van der Waals surface area contributed by atoms with E-state index in [2.05, 4.69) is 16.5 Å². The summed E-state index contributed by atoms with van der Waals surface area (Å²) in [6, 6.07) is 16.3. The molecular formula is C36H37F2N6O3S+. The Balaban J connectivity index is 1.36. The summed E-state index contributed by atoms with van der Waals surface area (Å²) in [6.45, 7) is 6.47. The Kier molecular flexibility index (Phi) is 10.7. The summed E-state index contributed by atoms with van der Waals surface area (Å²) in [5, 5.41) is 31.3. The predicted molar refractivity (Wildman–Crippen MR) is 177 cm³/mol. The first-order chi connectivity index (χ1) is 23.0. The van der Waals surface area contributed by atoms with E-state index < -0.39 is 23.2 Å². The fourth-order valence-corrected chi connectivity index (χ4v) is 6.63. The van der Waals surface area contributed by atoms with Gasteiger partial charge in [0.25, 0.3) is 6.33 Å². The largest absolute Gasteiger partial charge is 0.426 e. The second-order valence-corrected chi connectivity index (χ2v) is 12.9. The van der Waals surface area contributed by atoms with Crippen LogP contribution in [0.15, 0.2) is 72.6 Å². The second kappa shape index (κ2) is 14.9. The zero-order chi connectivity index (χ0) is 34.4. The van der Waals surface area contributed by atoms with Gasteiger partial charge < -0.3 is 15.2 Å². The van der Waals surface area contributed by atoms with Gasteiger partial charge >= 0.3 is 5.97 Å². The summed E-state index contributed by atoms with van der Waals surface area (Å²) in [7, 11) is 1.78. The quantitative estimate of drug-likeness (QED) is 0.0980. The number of nitrogens with zero attached hydrogens (tertiary/aromatic N) is 5. The van der Waals surface area contributed by atoms with Crippen molar-refractivity contribution in [2.24, 2.45) is 5.92 Å². The minimum atomic E-state index is -1.77. The maximum Gasteiger partial charge on any atom is 0.312 e. The van der Waals surface area contributed by atoms with Crippen molar-refractivity contribution in [2.45, 2.75) is 52.3 Å². The van der Waals surface area contributed by atoms with Crippen LogP contribution >= 0.6 is 11.3 Å². The van der Waals surface area contributed by atoms with Crippen LogP contribution in [-0.2, 0) is 29.9 Å². The highest BCUT2D eigenvalue weighted by Crippen LogP contribution is 2.36. The molecule has 2 N–H and O–H groups in total. The van der Waals surface area contributed by atoms with Crippen LogP contribution in [0.2, 0.25) is 0 Å². The number of ether oxygens (including phenoxy) is 1. The second-order valence-electron chi connectivity index (χ2n) is 12.0. The van der Waals surface area contributed by atoms with E-state index in [1.807, 2.05) is 55.0 Å². The molecule has 0 saturated heterocycles. The number of thiazole rings is 1. The molecule has 0 aliphatic carbocycles. The Morgan fingerprint density at radius 1 is 1.17 bits per heavy atom. The smallest absolute Gasteiger partial charge is 0.312 e. The van der Waals surface area contributed by atoms with Crippen molar-refractivity contribution in [1.82, 2.24) is 20.1 Å². The molecule has 12 heteroatoms. The number of halogens is 2. The van der Waals surface area contributed by atoms with E-state index in [-0.39, 0.29) is 24.5 Å². The number of aryl methyl sites for hydroxylation is 2. The van der Waals surface area contributed by atoms with Gasteiger partial charge in [-0.3, -0.25) is 4.79 Å². The Morgan fingerprint density at radius 3 is 2.56 bits per heavy atom. The minimum Gasteiger partial charge on any atom is -0.426 e. The number of nitriles is 1. The maximum atomic E-state index is 15.3. The van der Waals surface area contributed by atoms with Crippen molar-refractivity contribution in [3.8, 4) is 23.1 Å². The van der Waals surface area contributed by atoms with Gasteiger partial charge in [0.15, 0.2) is 0 Å². The molecule has 5 rings (SSSR count). The van der Waals surface area contributed by atoms with Crippen LogP contribution in [0.4, 0.5) is 8.78 Å². The van der Waals surface area contributed by atoms with E-state index in [1.54, 1.807) is 36.5 Å². The first kappa shape index (κ1) is 34.5. The van der Waals surface area contributed by atoms with E-state index in [0.29, 0.717) is 30.8 Å². The number of aromatic nitrogens is 4. The van der Waals surface area contributed by atoms with Gasteiger partial charge in [0.05, 0.1) is 35.3 Å². The number of esters is 1. The average molecular weight is 672 g/mol. The van der Waals surface area contributed by atoms with Crippen LogP contribution in [-0.4, -0.2) is 39.4 Å². The van der Waals surface area contributed by atoms with Crippen molar-refractivity contribution in [3.63, 3.8) is 0 Å². The van der Waals surface area contributed by atoms with Gasteiger partial charge in [-0.15, -0.1) is 16.0 Å². The molecule has 5 aromatic rings. The predicted octanol–water partition coefficient (Wildman–Crippen LogP) is 5.39. The minimum absolute atomic E-state index is 0.0339. The number of carbonyl (C=O) groups excluding carboxylic acids is 1. The lowest BCUT2D eigenvalue weighted by molar-refractivity contribution is -0.689. The zero-order valence-electron chi connectivity index (χ0n) is 27.2. The lowest BCUT2D eigenvalue weighted by Crippen LogP contribution is -2.41. The molecule has 248 valence electrons. The summed E-state index contributed by atoms with van der Waals surface area (Å²) < 4.78 is 38.2. The van der Waals surface area contributed by atoms with Crippen molar-refractivity contribution in [2.75, 3.05) is 13.6 Å². The van der Waals surface area contributed by atoms with Crippen LogP contribution in [0.1, 0.15) is 46.2 Å². The SMILES string of the molecule is CNCCC(=O)Oc1c(C)cc(C[n+]2cnn(CC(O)(c3ccc(F)cc3F)C(C)Cc3nc(-c4ccc(C#N)cc4)cs3)c2)cc1C. The van der Waals surface area contributed by atoms with Gasteiger partial charge in [0, 0.05) is 40.6 Å². The van der Waals surface area contributed by atoms with Crippen LogP contribution in [0.5, 0.6) is 5.75 Å². The molecule has 2 atom stereocenters. The molecule has 0 radical (unpaired) electrons.